The van der Waals surface area contributed by atoms with E-state index < -0.39 is 5.41 Å². The predicted octanol–water partition coefficient (Wildman–Crippen LogP) is 7.38. The average molecular weight is 478 g/mol. The molecule has 0 fully saturated rings. The molecule has 3 heteroatoms. The van der Waals surface area contributed by atoms with Crippen LogP contribution >= 0.6 is 0 Å². The number of rotatable bonds is 7. The Hall–Kier alpha value is -4.76. The van der Waals surface area contributed by atoms with Gasteiger partial charge < -0.3 is 0 Å². The molecule has 0 N–H and O–H groups in total. The summed E-state index contributed by atoms with van der Waals surface area (Å²) >= 11 is 0. The lowest BCUT2D eigenvalue weighted by atomic mass is 9.65. The normalized spacial score (nSPS) is 11.4. The summed E-state index contributed by atoms with van der Waals surface area (Å²) < 4.78 is 1.89. The summed E-state index contributed by atoms with van der Waals surface area (Å²) in [5.74, 6) is 0. The maximum absolute atomic E-state index is 4.46. The molecule has 0 spiro atoms. The molecule has 0 unspecified atom stereocenters. The lowest BCUT2D eigenvalue weighted by molar-refractivity contribution is 0.650. The fourth-order valence-corrected chi connectivity index (χ4v) is 5.23. The fraction of sp³-hybridized carbons (Fsp3) is 0.0588. The molecular weight excluding hydrogens is 450 g/mol. The molecule has 0 atom stereocenters. The summed E-state index contributed by atoms with van der Waals surface area (Å²) in [7, 11) is 0. The Bertz CT molecular complexity index is 1460. The van der Waals surface area contributed by atoms with Crippen molar-refractivity contribution in [2.75, 3.05) is 0 Å². The van der Waals surface area contributed by atoms with Crippen LogP contribution in [0.15, 0.2) is 152 Å². The van der Waals surface area contributed by atoms with Crippen molar-refractivity contribution >= 4 is 0 Å². The van der Waals surface area contributed by atoms with E-state index in [2.05, 4.69) is 138 Å². The van der Waals surface area contributed by atoms with E-state index in [-0.39, 0.29) is 0 Å². The summed E-state index contributed by atoms with van der Waals surface area (Å²) in [5, 5.41) is 8.83. The van der Waals surface area contributed by atoms with Crippen LogP contribution in [0.1, 0.15) is 27.8 Å². The van der Waals surface area contributed by atoms with Gasteiger partial charge in [0.25, 0.3) is 0 Å². The number of nitrogens with zero attached hydrogens (tertiary/aromatic N) is 3. The number of hydrogen-bond acceptors (Lipinski definition) is 2. The molecule has 3 nitrogen and oxygen atoms in total. The molecule has 1 aromatic heterocycles. The van der Waals surface area contributed by atoms with Gasteiger partial charge >= 0.3 is 0 Å². The van der Waals surface area contributed by atoms with Gasteiger partial charge in [-0.25, -0.2) is 4.68 Å². The maximum atomic E-state index is 4.46. The molecule has 5 aromatic carbocycles. The Balaban J connectivity index is 1.44. The van der Waals surface area contributed by atoms with Crippen molar-refractivity contribution in [2.45, 2.75) is 12.0 Å². The molecule has 0 saturated carbocycles. The summed E-state index contributed by atoms with van der Waals surface area (Å²) in [6, 6.07) is 51.4. The van der Waals surface area contributed by atoms with Crippen molar-refractivity contribution in [1.29, 1.82) is 0 Å². The highest BCUT2D eigenvalue weighted by atomic mass is 15.4. The van der Waals surface area contributed by atoms with E-state index in [0.29, 0.717) is 6.54 Å². The summed E-state index contributed by atoms with van der Waals surface area (Å²) in [5.41, 5.74) is 7.56. The molecular formula is C34H27N3. The molecule has 0 aliphatic rings. The van der Waals surface area contributed by atoms with Gasteiger partial charge in [0.1, 0.15) is 5.69 Å². The third-order valence-corrected chi connectivity index (χ3v) is 6.96. The zero-order chi connectivity index (χ0) is 24.9. The van der Waals surface area contributed by atoms with Crippen LogP contribution in [-0.2, 0) is 12.0 Å². The Morgan fingerprint density at radius 1 is 0.486 bits per heavy atom. The standard InChI is InChI=1S/C34H27N3/c1-5-13-27(14-6-1)25-37-26-33(35-36-37)28-21-23-32(24-22-28)34(29-15-7-2-8-16-29,30-17-9-3-10-18-30)31-19-11-4-12-20-31/h1-24,26H,25H2. The molecule has 0 aliphatic heterocycles. The quantitative estimate of drug-likeness (QED) is 0.225. The summed E-state index contributed by atoms with van der Waals surface area (Å²) in [6.07, 6.45) is 2.01. The van der Waals surface area contributed by atoms with Gasteiger partial charge in [-0.1, -0.05) is 151 Å². The van der Waals surface area contributed by atoms with E-state index >= 15 is 0 Å². The van der Waals surface area contributed by atoms with Gasteiger partial charge in [-0.2, -0.15) is 0 Å². The highest BCUT2D eigenvalue weighted by Gasteiger charge is 2.38. The maximum Gasteiger partial charge on any atom is 0.113 e. The Morgan fingerprint density at radius 3 is 1.41 bits per heavy atom. The molecule has 0 amide bonds. The van der Waals surface area contributed by atoms with Crippen LogP contribution in [0.25, 0.3) is 11.3 Å². The van der Waals surface area contributed by atoms with Crippen molar-refractivity contribution < 1.29 is 0 Å². The first-order valence-electron chi connectivity index (χ1n) is 12.6. The summed E-state index contributed by atoms with van der Waals surface area (Å²) in [6.45, 7) is 0.699. The van der Waals surface area contributed by atoms with Gasteiger partial charge in [-0.05, 0) is 27.8 Å². The Labute approximate surface area is 217 Å². The van der Waals surface area contributed by atoms with E-state index in [1.807, 2.05) is 29.1 Å². The highest BCUT2D eigenvalue weighted by molar-refractivity contribution is 5.64. The van der Waals surface area contributed by atoms with Gasteiger partial charge in [0, 0.05) is 5.56 Å². The minimum Gasteiger partial charge on any atom is -0.247 e. The van der Waals surface area contributed by atoms with E-state index in [1.165, 1.54) is 27.8 Å². The second-order valence-corrected chi connectivity index (χ2v) is 9.21. The molecule has 6 aromatic rings. The first kappa shape index (κ1) is 22.7. The van der Waals surface area contributed by atoms with Gasteiger partial charge in [0.2, 0.25) is 0 Å². The third-order valence-electron chi connectivity index (χ3n) is 6.96. The second kappa shape index (κ2) is 10.1. The van der Waals surface area contributed by atoms with Crippen LogP contribution in [-0.4, -0.2) is 15.0 Å². The molecule has 6 rings (SSSR count). The number of benzene rings is 5. The number of hydrogen-bond donors (Lipinski definition) is 0. The average Bonchev–Trinajstić information content (AvgIpc) is 3.45. The molecule has 178 valence electrons. The van der Waals surface area contributed by atoms with Gasteiger partial charge in [0.15, 0.2) is 0 Å². The van der Waals surface area contributed by atoms with Crippen LogP contribution in [0.4, 0.5) is 0 Å². The first-order chi connectivity index (χ1) is 18.3. The van der Waals surface area contributed by atoms with E-state index in [1.54, 1.807) is 0 Å². The predicted molar refractivity (Wildman–Crippen MR) is 149 cm³/mol. The largest absolute Gasteiger partial charge is 0.247 e. The van der Waals surface area contributed by atoms with Crippen molar-refractivity contribution in [3.63, 3.8) is 0 Å². The van der Waals surface area contributed by atoms with Crippen molar-refractivity contribution in [3.8, 4) is 11.3 Å². The smallest absolute Gasteiger partial charge is 0.113 e. The molecule has 0 saturated heterocycles. The third kappa shape index (κ3) is 4.36. The molecule has 0 aliphatic carbocycles. The molecule has 37 heavy (non-hydrogen) atoms. The minimum atomic E-state index is -0.451. The van der Waals surface area contributed by atoms with Gasteiger partial charge in [-0.3, -0.25) is 0 Å². The van der Waals surface area contributed by atoms with Gasteiger partial charge in [0.05, 0.1) is 18.2 Å². The lowest BCUT2D eigenvalue weighted by Gasteiger charge is -2.37. The molecule has 1 heterocycles. The van der Waals surface area contributed by atoms with E-state index in [0.717, 1.165) is 11.3 Å². The monoisotopic (exact) mass is 477 g/mol. The fourth-order valence-electron chi connectivity index (χ4n) is 5.23. The van der Waals surface area contributed by atoms with Crippen LogP contribution < -0.4 is 0 Å². The Morgan fingerprint density at radius 2 is 0.919 bits per heavy atom. The van der Waals surface area contributed by atoms with Crippen molar-refractivity contribution in [1.82, 2.24) is 15.0 Å². The van der Waals surface area contributed by atoms with Crippen LogP contribution in [0.3, 0.4) is 0 Å². The van der Waals surface area contributed by atoms with E-state index in [9.17, 15) is 0 Å². The topological polar surface area (TPSA) is 30.7 Å². The zero-order valence-corrected chi connectivity index (χ0v) is 20.5. The highest BCUT2D eigenvalue weighted by Crippen LogP contribution is 2.45. The van der Waals surface area contributed by atoms with Crippen molar-refractivity contribution in [2.24, 2.45) is 0 Å². The zero-order valence-electron chi connectivity index (χ0n) is 20.5. The SMILES string of the molecule is c1ccc(Cn2cc(-c3ccc(C(c4ccccc4)(c4ccccc4)c4ccccc4)cc3)nn2)cc1. The van der Waals surface area contributed by atoms with Crippen molar-refractivity contribution in [3.05, 3.63) is 180 Å². The Kier molecular flexibility index (Phi) is 6.18. The molecule has 0 radical (unpaired) electrons. The summed E-state index contributed by atoms with van der Waals surface area (Å²) in [4.78, 5) is 0. The molecule has 0 bridgehead atoms. The second-order valence-electron chi connectivity index (χ2n) is 9.21. The van der Waals surface area contributed by atoms with Crippen LogP contribution in [0, 0.1) is 0 Å². The minimum absolute atomic E-state index is 0.451. The van der Waals surface area contributed by atoms with Gasteiger partial charge in [-0.15, -0.1) is 5.10 Å². The van der Waals surface area contributed by atoms with Crippen LogP contribution in [0.5, 0.6) is 0 Å². The lowest BCUT2D eigenvalue weighted by Crippen LogP contribution is -2.30. The first-order valence-corrected chi connectivity index (χ1v) is 12.6. The van der Waals surface area contributed by atoms with Crippen LogP contribution in [0.2, 0.25) is 0 Å². The van der Waals surface area contributed by atoms with E-state index in [4.69, 9.17) is 0 Å². The number of aromatic nitrogens is 3.